The van der Waals surface area contributed by atoms with E-state index < -0.39 is 0 Å². The Labute approximate surface area is 188 Å². The molecular weight excluding hydrogens is 471 g/mol. The van der Waals surface area contributed by atoms with Gasteiger partial charge in [-0.1, -0.05) is 24.3 Å². The maximum Gasteiger partial charge on any atom is 0.172 e. The van der Waals surface area contributed by atoms with Crippen molar-refractivity contribution in [3.63, 3.8) is 0 Å². The molecule has 0 aliphatic carbocycles. The molecule has 1 heterocycles. The first-order valence-electron chi connectivity index (χ1n) is 9.22. The lowest BCUT2D eigenvalue weighted by atomic mass is 10.1. The smallest absolute Gasteiger partial charge is 0.172 e. The van der Waals surface area contributed by atoms with E-state index in [0.717, 1.165) is 16.5 Å². The first kappa shape index (κ1) is 22.0. The number of ether oxygens (including phenoxy) is 2. The summed E-state index contributed by atoms with van der Waals surface area (Å²) in [6.07, 6.45) is 2.53. The lowest BCUT2D eigenvalue weighted by Gasteiger charge is -2.11. The molecule has 1 aromatic heterocycles. The first-order valence-corrected chi connectivity index (χ1v) is 10.4. The molecule has 0 radical (unpaired) electrons. The maximum absolute atomic E-state index is 13.8. The monoisotopic (exact) mass is 492 g/mol. The third kappa shape index (κ3) is 5.70. The molecule has 30 heavy (non-hydrogen) atoms. The Kier molecular flexibility index (Phi) is 7.64. The van der Waals surface area contributed by atoms with E-state index in [4.69, 9.17) is 21.7 Å². The number of thiocarbonyl (C=S) groups is 1. The van der Waals surface area contributed by atoms with E-state index in [0.29, 0.717) is 41.1 Å². The highest BCUT2D eigenvalue weighted by atomic mass is 79.9. The molecule has 2 N–H and O–H groups in total. The average molecular weight is 493 g/mol. The molecule has 0 fully saturated rings. The van der Waals surface area contributed by atoms with Crippen molar-refractivity contribution in [3.8, 4) is 11.5 Å². The van der Waals surface area contributed by atoms with Crippen molar-refractivity contribution in [2.24, 2.45) is 0 Å². The molecule has 3 rings (SSSR count). The summed E-state index contributed by atoms with van der Waals surface area (Å²) < 4.78 is 26.8. The van der Waals surface area contributed by atoms with Crippen LogP contribution in [0, 0.1) is 5.82 Å². The number of nitrogens with one attached hydrogen (secondary N) is 2. The molecule has 6 nitrogen and oxygen atoms in total. The molecule has 0 bridgehead atoms. The lowest BCUT2D eigenvalue weighted by molar-refractivity contribution is 0.354. The van der Waals surface area contributed by atoms with Gasteiger partial charge < -0.3 is 20.1 Å². The Hall–Kier alpha value is -2.65. The average Bonchev–Trinajstić information content (AvgIpc) is 3.08. The molecule has 0 atom stereocenters. The van der Waals surface area contributed by atoms with Crippen LogP contribution in [-0.4, -0.2) is 35.7 Å². The molecule has 9 heteroatoms. The Bertz CT molecular complexity index is 1030. The Morgan fingerprint density at radius 2 is 1.93 bits per heavy atom. The van der Waals surface area contributed by atoms with Gasteiger partial charge in [0, 0.05) is 18.3 Å². The topological polar surface area (TPSA) is 60.3 Å². The van der Waals surface area contributed by atoms with Crippen LogP contribution in [0.4, 0.5) is 10.2 Å². The minimum atomic E-state index is -0.258. The molecule has 2 aromatic carbocycles. The fourth-order valence-electron chi connectivity index (χ4n) is 2.87. The summed E-state index contributed by atoms with van der Waals surface area (Å²) in [7, 11) is 3.22. The largest absolute Gasteiger partial charge is 0.493 e. The van der Waals surface area contributed by atoms with Crippen LogP contribution in [0.5, 0.6) is 11.5 Å². The van der Waals surface area contributed by atoms with Crippen molar-refractivity contribution < 1.29 is 13.9 Å². The fourth-order valence-corrected chi connectivity index (χ4v) is 3.49. The normalized spacial score (nSPS) is 10.5. The summed E-state index contributed by atoms with van der Waals surface area (Å²) in [5.74, 6) is 1.70. The van der Waals surface area contributed by atoms with E-state index in [1.54, 1.807) is 43.3 Å². The van der Waals surface area contributed by atoms with Crippen LogP contribution in [0.1, 0.15) is 11.1 Å². The van der Waals surface area contributed by atoms with Gasteiger partial charge in [-0.25, -0.2) is 4.39 Å². The molecule has 0 spiro atoms. The van der Waals surface area contributed by atoms with E-state index in [2.05, 4.69) is 31.7 Å². The molecule has 0 aliphatic rings. The molecule has 0 saturated carbocycles. The van der Waals surface area contributed by atoms with E-state index in [9.17, 15) is 4.39 Å². The number of rotatable bonds is 8. The molecule has 3 aromatic rings. The lowest BCUT2D eigenvalue weighted by Crippen LogP contribution is -2.30. The molecule has 0 amide bonds. The van der Waals surface area contributed by atoms with Gasteiger partial charge in [0.05, 0.1) is 25.2 Å². The SMILES string of the molecule is COc1ccc(CCNC(=S)Nc2nn(Cc3ccccc3F)cc2Br)cc1OC. The fraction of sp³-hybridized carbons (Fsp3) is 0.238. The standard InChI is InChI=1S/C21H22BrFN4O2S/c1-28-18-8-7-14(11-19(18)29-2)9-10-24-21(30)25-20-16(22)13-27(26-20)12-15-5-3-4-6-17(15)23/h3-8,11,13H,9-10,12H2,1-2H3,(H2,24,25,26,30). The van der Waals surface area contributed by atoms with Gasteiger partial charge in [0.1, 0.15) is 5.82 Å². The summed E-state index contributed by atoms with van der Waals surface area (Å²) in [6.45, 7) is 0.960. The quantitative estimate of drug-likeness (QED) is 0.455. The third-order valence-corrected chi connectivity index (χ3v) is 5.21. The highest BCUT2D eigenvalue weighted by Gasteiger charge is 2.10. The van der Waals surface area contributed by atoms with E-state index in [-0.39, 0.29) is 5.82 Å². The highest BCUT2D eigenvalue weighted by molar-refractivity contribution is 9.10. The van der Waals surface area contributed by atoms with Crippen molar-refractivity contribution >= 4 is 39.1 Å². The number of aromatic nitrogens is 2. The molecule has 0 unspecified atom stereocenters. The van der Waals surface area contributed by atoms with Crippen LogP contribution < -0.4 is 20.1 Å². The van der Waals surface area contributed by atoms with Gasteiger partial charge in [-0.15, -0.1) is 0 Å². The van der Waals surface area contributed by atoms with Crippen molar-refractivity contribution in [2.75, 3.05) is 26.1 Å². The highest BCUT2D eigenvalue weighted by Crippen LogP contribution is 2.27. The van der Waals surface area contributed by atoms with Crippen LogP contribution in [0.25, 0.3) is 0 Å². The maximum atomic E-state index is 13.8. The Balaban J connectivity index is 1.53. The number of anilines is 1. The summed E-state index contributed by atoms with van der Waals surface area (Å²) >= 11 is 8.82. The molecule has 158 valence electrons. The summed E-state index contributed by atoms with van der Waals surface area (Å²) in [5, 5.41) is 11.1. The van der Waals surface area contributed by atoms with E-state index >= 15 is 0 Å². The predicted molar refractivity (Wildman–Crippen MR) is 123 cm³/mol. The van der Waals surface area contributed by atoms with Gasteiger partial charge in [-0.05, 0) is 58.3 Å². The van der Waals surface area contributed by atoms with Gasteiger partial charge in [0.25, 0.3) is 0 Å². The van der Waals surface area contributed by atoms with Gasteiger partial charge in [0.2, 0.25) is 0 Å². The number of hydrogen-bond acceptors (Lipinski definition) is 4. The first-order chi connectivity index (χ1) is 14.5. The van der Waals surface area contributed by atoms with Crippen LogP contribution in [0.3, 0.4) is 0 Å². The number of hydrogen-bond donors (Lipinski definition) is 2. The van der Waals surface area contributed by atoms with Crippen molar-refractivity contribution in [1.29, 1.82) is 0 Å². The van der Waals surface area contributed by atoms with Gasteiger partial charge >= 0.3 is 0 Å². The van der Waals surface area contributed by atoms with Crippen molar-refractivity contribution in [1.82, 2.24) is 15.1 Å². The number of methoxy groups -OCH3 is 2. The number of benzene rings is 2. The summed E-state index contributed by atoms with van der Waals surface area (Å²) in [4.78, 5) is 0. The van der Waals surface area contributed by atoms with Crippen LogP contribution in [-0.2, 0) is 13.0 Å². The number of halogens is 2. The Morgan fingerprint density at radius 3 is 2.67 bits per heavy atom. The Morgan fingerprint density at radius 1 is 1.17 bits per heavy atom. The molecular formula is C21H22BrFN4O2S. The molecule has 0 aliphatic heterocycles. The zero-order valence-corrected chi connectivity index (χ0v) is 19.0. The number of nitrogens with zero attached hydrogens (tertiary/aromatic N) is 2. The van der Waals surface area contributed by atoms with Gasteiger partial charge in [0.15, 0.2) is 22.4 Å². The summed E-state index contributed by atoms with van der Waals surface area (Å²) in [5.41, 5.74) is 1.66. The van der Waals surface area contributed by atoms with Crippen molar-refractivity contribution in [2.45, 2.75) is 13.0 Å². The van der Waals surface area contributed by atoms with Gasteiger partial charge in [-0.2, -0.15) is 5.10 Å². The third-order valence-electron chi connectivity index (χ3n) is 4.39. The minimum Gasteiger partial charge on any atom is -0.493 e. The zero-order valence-electron chi connectivity index (χ0n) is 16.6. The van der Waals surface area contributed by atoms with Gasteiger partial charge in [-0.3, -0.25) is 4.68 Å². The second-order valence-electron chi connectivity index (χ2n) is 6.43. The predicted octanol–water partition coefficient (Wildman–Crippen LogP) is 4.38. The van der Waals surface area contributed by atoms with Crippen LogP contribution in [0.15, 0.2) is 53.1 Å². The van der Waals surface area contributed by atoms with E-state index in [1.807, 2.05) is 18.2 Å². The molecule has 0 saturated heterocycles. The van der Waals surface area contributed by atoms with Crippen LogP contribution >= 0.6 is 28.1 Å². The second-order valence-corrected chi connectivity index (χ2v) is 7.70. The van der Waals surface area contributed by atoms with E-state index in [1.165, 1.54) is 6.07 Å². The van der Waals surface area contributed by atoms with Crippen molar-refractivity contribution in [3.05, 3.63) is 70.1 Å². The zero-order chi connectivity index (χ0) is 21.5. The van der Waals surface area contributed by atoms with Crippen LogP contribution in [0.2, 0.25) is 0 Å². The summed E-state index contributed by atoms with van der Waals surface area (Å²) in [6, 6.07) is 12.4. The minimum absolute atomic E-state index is 0.258. The second kappa shape index (κ2) is 10.4.